The molecule has 1 saturated heterocycles. The second kappa shape index (κ2) is 6.01. The molecule has 0 saturated carbocycles. The van der Waals surface area contributed by atoms with Gasteiger partial charge in [-0.3, -0.25) is 9.78 Å². The summed E-state index contributed by atoms with van der Waals surface area (Å²) in [7, 11) is 0. The summed E-state index contributed by atoms with van der Waals surface area (Å²) < 4.78 is 0. The smallest absolute Gasteiger partial charge is 0.247 e. The van der Waals surface area contributed by atoms with Crippen LogP contribution in [0.1, 0.15) is 29.3 Å². The maximum atomic E-state index is 12.4. The Morgan fingerprint density at radius 3 is 2.95 bits per heavy atom. The van der Waals surface area contributed by atoms with Crippen molar-refractivity contribution in [3.05, 3.63) is 58.6 Å². The van der Waals surface area contributed by atoms with Crippen molar-refractivity contribution in [3.63, 3.8) is 0 Å². The first-order chi connectivity index (χ1) is 9.84. The zero-order chi connectivity index (χ0) is 13.8. The van der Waals surface area contributed by atoms with Crippen LogP contribution in [0.3, 0.4) is 0 Å². The van der Waals surface area contributed by atoms with E-state index in [1.165, 1.54) is 5.56 Å². The number of amides is 1. The highest BCUT2D eigenvalue weighted by Gasteiger charge is 2.28. The van der Waals surface area contributed by atoms with Gasteiger partial charge < -0.3 is 4.90 Å². The van der Waals surface area contributed by atoms with Crippen molar-refractivity contribution in [2.75, 3.05) is 6.54 Å². The van der Waals surface area contributed by atoms with Crippen molar-refractivity contribution in [1.82, 2.24) is 9.88 Å². The topological polar surface area (TPSA) is 33.2 Å². The molecule has 3 rings (SSSR count). The Kier molecular flexibility index (Phi) is 3.92. The van der Waals surface area contributed by atoms with Crippen LogP contribution in [-0.2, 0) is 4.79 Å². The molecule has 20 heavy (non-hydrogen) atoms. The third-order valence-corrected chi connectivity index (χ3v) is 4.40. The molecule has 1 amide bonds. The van der Waals surface area contributed by atoms with Gasteiger partial charge in [-0.05, 0) is 48.1 Å². The van der Waals surface area contributed by atoms with Crippen LogP contribution in [0.4, 0.5) is 0 Å². The van der Waals surface area contributed by atoms with Crippen molar-refractivity contribution >= 4 is 23.3 Å². The zero-order valence-electron chi connectivity index (χ0n) is 11.1. The van der Waals surface area contributed by atoms with Gasteiger partial charge in [0.1, 0.15) is 0 Å². The number of hydrogen-bond acceptors (Lipinski definition) is 3. The van der Waals surface area contributed by atoms with Gasteiger partial charge in [-0.1, -0.05) is 6.07 Å². The van der Waals surface area contributed by atoms with E-state index in [2.05, 4.69) is 4.98 Å². The predicted molar refractivity (Wildman–Crippen MR) is 81.3 cm³/mol. The van der Waals surface area contributed by atoms with Gasteiger partial charge in [0.25, 0.3) is 0 Å². The monoisotopic (exact) mass is 284 g/mol. The van der Waals surface area contributed by atoms with E-state index in [1.54, 1.807) is 29.8 Å². The van der Waals surface area contributed by atoms with Crippen molar-refractivity contribution in [2.24, 2.45) is 0 Å². The van der Waals surface area contributed by atoms with Crippen molar-refractivity contribution in [1.29, 1.82) is 0 Å². The van der Waals surface area contributed by atoms with Crippen molar-refractivity contribution in [2.45, 2.75) is 18.9 Å². The molecule has 0 aromatic carbocycles. The van der Waals surface area contributed by atoms with Crippen molar-refractivity contribution in [3.8, 4) is 0 Å². The molecule has 0 radical (unpaired) electrons. The summed E-state index contributed by atoms with van der Waals surface area (Å²) in [5.74, 6) is 0.0951. The molecule has 2 aromatic rings. The molecule has 0 aliphatic carbocycles. The number of hydrogen-bond donors (Lipinski definition) is 0. The summed E-state index contributed by atoms with van der Waals surface area (Å²) in [5, 5.41) is 2.01. The molecule has 0 bridgehead atoms. The molecule has 4 heteroatoms. The molecule has 3 heterocycles. The molecule has 0 spiro atoms. The summed E-state index contributed by atoms with van der Waals surface area (Å²) in [6.07, 6.45) is 9.25. The lowest BCUT2D eigenvalue weighted by Crippen LogP contribution is -2.28. The fourth-order valence-corrected chi connectivity index (χ4v) is 3.22. The number of carbonyl (C=O) groups is 1. The number of likely N-dealkylation sites (tertiary alicyclic amines) is 1. The lowest BCUT2D eigenvalue weighted by Gasteiger charge is -2.23. The molecular formula is C16H16N2OS. The third kappa shape index (κ3) is 2.80. The first-order valence-electron chi connectivity index (χ1n) is 6.77. The number of pyridine rings is 1. The summed E-state index contributed by atoms with van der Waals surface area (Å²) in [5.41, 5.74) is 1.18. The van der Waals surface area contributed by atoms with Crippen LogP contribution in [0.25, 0.3) is 6.08 Å². The van der Waals surface area contributed by atoms with E-state index in [0.29, 0.717) is 0 Å². The average Bonchev–Trinajstić information content (AvgIpc) is 3.17. The number of thiophene rings is 1. The molecular weight excluding hydrogens is 268 g/mol. The lowest BCUT2D eigenvalue weighted by atomic mass is 10.1. The minimum Gasteiger partial charge on any atom is -0.332 e. The normalized spacial score (nSPS) is 18.8. The Bertz CT molecular complexity index is 592. The molecule has 3 nitrogen and oxygen atoms in total. The number of nitrogens with zero attached hydrogens (tertiary/aromatic N) is 2. The fourth-order valence-electron chi connectivity index (χ4n) is 2.60. The van der Waals surface area contributed by atoms with Gasteiger partial charge in [0.2, 0.25) is 5.91 Å². The minimum atomic E-state index is 0.0951. The van der Waals surface area contributed by atoms with Gasteiger partial charge in [0.15, 0.2) is 0 Å². The second-order valence-electron chi connectivity index (χ2n) is 4.82. The summed E-state index contributed by atoms with van der Waals surface area (Å²) in [6, 6.07) is 8.19. The Morgan fingerprint density at radius 1 is 1.35 bits per heavy atom. The third-order valence-electron chi connectivity index (χ3n) is 3.56. The maximum absolute atomic E-state index is 12.4. The predicted octanol–water partition coefficient (Wildman–Crippen LogP) is 3.52. The maximum Gasteiger partial charge on any atom is 0.247 e. The van der Waals surface area contributed by atoms with Crippen LogP contribution in [0.5, 0.6) is 0 Å². The highest BCUT2D eigenvalue weighted by molar-refractivity contribution is 7.10. The first kappa shape index (κ1) is 13.1. The summed E-state index contributed by atoms with van der Waals surface area (Å²) in [6.45, 7) is 0.834. The van der Waals surface area contributed by atoms with E-state index in [1.807, 2.05) is 40.6 Å². The van der Waals surface area contributed by atoms with Gasteiger partial charge in [-0.2, -0.15) is 0 Å². The summed E-state index contributed by atoms with van der Waals surface area (Å²) in [4.78, 5) is 19.5. The lowest BCUT2D eigenvalue weighted by molar-refractivity contribution is -0.126. The van der Waals surface area contributed by atoms with E-state index >= 15 is 0 Å². The fraction of sp³-hybridized carbons (Fsp3) is 0.250. The van der Waals surface area contributed by atoms with Crippen LogP contribution < -0.4 is 0 Å². The first-order valence-corrected chi connectivity index (χ1v) is 7.65. The van der Waals surface area contributed by atoms with E-state index in [9.17, 15) is 4.79 Å². The summed E-state index contributed by atoms with van der Waals surface area (Å²) >= 11 is 1.64. The minimum absolute atomic E-state index is 0.0951. The van der Waals surface area contributed by atoms with E-state index in [0.717, 1.165) is 24.3 Å². The number of carbonyl (C=O) groups excluding carboxylic acids is 1. The van der Waals surface area contributed by atoms with Crippen molar-refractivity contribution < 1.29 is 4.79 Å². The van der Waals surface area contributed by atoms with Crippen LogP contribution >= 0.6 is 11.3 Å². The second-order valence-corrected chi connectivity index (χ2v) is 5.80. The molecule has 2 aromatic heterocycles. The highest BCUT2D eigenvalue weighted by Crippen LogP contribution is 2.31. The van der Waals surface area contributed by atoms with E-state index in [-0.39, 0.29) is 11.9 Å². The van der Waals surface area contributed by atoms with Gasteiger partial charge >= 0.3 is 0 Å². The van der Waals surface area contributed by atoms with Gasteiger partial charge in [-0.25, -0.2) is 0 Å². The van der Waals surface area contributed by atoms with Crippen LogP contribution in [0.15, 0.2) is 48.1 Å². The number of rotatable bonds is 3. The van der Waals surface area contributed by atoms with E-state index in [4.69, 9.17) is 0 Å². The molecule has 1 unspecified atom stereocenters. The number of aromatic nitrogens is 1. The largest absolute Gasteiger partial charge is 0.332 e. The quantitative estimate of drug-likeness (QED) is 0.808. The van der Waals surface area contributed by atoms with Gasteiger partial charge in [0.05, 0.1) is 6.04 Å². The molecule has 1 fully saturated rings. The zero-order valence-corrected chi connectivity index (χ0v) is 11.9. The Morgan fingerprint density at radius 2 is 2.20 bits per heavy atom. The molecule has 1 aliphatic rings. The van der Waals surface area contributed by atoms with Crippen LogP contribution in [0, 0.1) is 0 Å². The molecule has 0 N–H and O–H groups in total. The Balaban J connectivity index is 1.74. The van der Waals surface area contributed by atoms with Gasteiger partial charge in [0, 0.05) is 29.9 Å². The highest BCUT2D eigenvalue weighted by atomic mass is 32.1. The van der Waals surface area contributed by atoms with Gasteiger partial charge in [-0.15, -0.1) is 11.3 Å². The Labute approximate surface area is 122 Å². The molecule has 102 valence electrons. The molecule has 1 atom stereocenters. The average molecular weight is 284 g/mol. The Hall–Kier alpha value is -1.94. The molecule has 1 aliphatic heterocycles. The van der Waals surface area contributed by atoms with Crippen LogP contribution in [-0.4, -0.2) is 22.3 Å². The van der Waals surface area contributed by atoms with E-state index < -0.39 is 0 Å². The SMILES string of the molecule is O=C(C=Cc1cccs1)N1CCCC1c1ccncc1. The standard InChI is InChI=1S/C16H16N2OS/c19-16(6-5-14-3-2-12-20-14)18-11-1-4-15(18)13-7-9-17-10-8-13/h2-3,5-10,12,15H,1,4,11H2. The van der Waals surface area contributed by atoms with Crippen LogP contribution in [0.2, 0.25) is 0 Å².